The zero-order chi connectivity index (χ0) is 16.6. The molecule has 1 atom stereocenters. The maximum Gasteiger partial charge on any atom is 0.244 e. The van der Waals surface area contributed by atoms with Crippen LogP contribution in [0.2, 0.25) is 10.0 Å². The van der Waals surface area contributed by atoms with Gasteiger partial charge < -0.3 is 0 Å². The maximum absolute atomic E-state index is 13.0. The fraction of sp³-hybridized carbons (Fsp3) is 0.250. The minimum atomic E-state index is -3.62. The number of hydrogen-bond acceptors (Lipinski definition) is 3. The van der Waals surface area contributed by atoms with Gasteiger partial charge in [-0.2, -0.15) is 4.31 Å². The summed E-state index contributed by atoms with van der Waals surface area (Å²) in [5.41, 5.74) is 2.14. The lowest BCUT2D eigenvalue weighted by molar-refractivity contribution is 0.434. The summed E-state index contributed by atoms with van der Waals surface area (Å²) in [5.74, 6) is 0.763. The molecule has 2 aromatic rings. The largest absolute Gasteiger partial charge is 0.244 e. The van der Waals surface area contributed by atoms with E-state index >= 15 is 0 Å². The van der Waals surface area contributed by atoms with E-state index in [1.54, 1.807) is 11.8 Å². The summed E-state index contributed by atoms with van der Waals surface area (Å²) in [5, 5.41) is 0.373. The summed E-state index contributed by atoms with van der Waals surface area (Å²) in [6.45, 7) is 2.49. The monoisotopic (exact) mass is 387 g/mol. The molecule has 0 saturated carbocycles. The van der Waals surface area contributed by atoms with Crippen LogP contribution in [0.4, 0.5) is 0 Å². The van der Waals surface area contributed by atoms with Gasteiger partial charge >= 0.3 is 0 Å². The number of hydrogen-bond donors (Lipinski definition) is 0. The van der Waals surface area contributed by atoms with E-state index < -0.39 is 10.0 Å². The van der Waals surface area contributed by atoms with Crippen LogP contribution in [0.25, 0.3) is 0 Å². The molecular formula is C16H15Cl2NO2S2. The second-order valence-corrected chi connectivity index (χ2v) is 9.22. The first-order valence-electron chi connectivity index (χ1n) is 7.04. The number of sulfonamides is 1. The number of halogens is 2. The fourth-order valence-electron chi connectivity index (χ4n) is 2.47. The summed E-state index contributed by atoms with van der Waals surface area (Å²) >= 11 is 13.5. The summed E-state index contributed by atoms with van der Waals surface area (Å²) in [6.07, 6.45) is 0. The van der Waals surface area contributed by atoms with Crippen LogP contribution in [-0.4, -0.2) is 25.0 Å². The highest BCUT2D eigenvalue weighted by Crippen LogP contribution is 2.41. The Hall–Kier alpha value is -0.720. The Balaban J connectivity index is 1.97. The Morgan fingerprint density at radius 2 is 1.78 bits per heavy atom. The first-order chi connectivity index (χ1) is 10.9. The average Bonchev–Trinajstić information content (AvgIpc) is 3.01. The van der Waals surface area contributed by atoms with Crippen LogP contribution in [-0.2, 0) is 10.0 Å². The molecule has 0 spiro atoms. The zero-order valence-electron chi connectivity index (χ0n) is 12.4. The van der Waals surface area contributed by atoms with Crippen LogP contribution in [0.1, 0.15) is 16.5 Å². The van der Waals surface area contributed by atoms with Crippen molar-refractivity contribution >= 4 is 45.0 Å². The molecule has 0 radical (unpaired) electrons. The van der Waals surface area contributed by atoms with Gasteiger partial charge in [-0.15, -0.1) is 11.8 Å². The Morgan fingerprint density at radius 3 is 2.43 bits per heavy atom. The molecule has 1 saturated heterocycles. The molecule has 0 bridgehead atoms. The van der Waals surface area contributed by atoms with E-state index in [9.17, 15) is 8.42 Å². The lowest BCUT2D eigenvalue weighted by atomic mass is 10.1. The summed E-state index contributed by atoms with van der Waals surface area (Å²) in [4.78, 5) is 0.173. The van der Waals surface area contributed by atoms with Crippen LogP contribution in [0.15, 0.2) is 47.4 Å². The molecule has 0 aromatic heterocycles. The highest BCUT2D eigenvalue weighted by Gasteiger charge is 2.36. The second kappa shape index (κ2) is 6.65. The number of thioether (sulfide) groups is 1. The number of aryl methyl sites for hydroxylation is 1. The van der Waals surface area contributed by atoms with E-state index in [0.717, 1.165) is 16.9 Å². The van der Waals surface area contributed by atoms with E-state index in [1.807, 2.05) is 31.2 Å². The predicted octanol–water partition coefficient (Wildman–Crippen LogP) is 4.74. The molecule has 122 valence electrons. The Kier molecular flexibility index (Phi) is 4.95. The van der Waals surface area contributed by atoms with E-state index in [-0.39, 0.29) is 15.3 Å². The molecule has 1 aliphatic heterocycles. The number of nitrogens with zero attached hydrogens (tertiary/aromatic N) is 1. The quantitative estimate of drug-likeness (QED) is 0.762. The minimum Gasteiger partial charge on any atom is -0.207 e. The van der Waals surface area contributed by atoms with Crippen molar-refractivity contribution in [2.45, 2.75) is 17.2 Å². The van der Waals surface area contributed by atoms with Crippen molar-refractivity contribution in [3.05, 3.63) is 63.6 Å². The summed E-state index contributed by atoms with van der Waals surface area (Å²) in [6, 6.07) is 12.4. The molecule has 1 unspecified atom stereocenters. The SMILES string of the molecule is Cc1ccc(C2SCCN2S(=O)(=O)c2ccc(Cl)c(Cl)c2)cc1. The van der Waals surface area contributed by atoms with E-state index in [2.05, 4.69) is 0 Å². The molecule has 0 N–H and O–H groups in total. The number of benzene rings is 2. The number of rotatable bonds is 3. The first-order valence-corrected chi connectivity index (χ1v) is 10.3. The van der Waals surface area contributed by atoms with E-state index in [4.69, 9.17) is 23.2 Å². The molecule has 1 heterocycles. The van der Waals surface area contributed by atoms with Gasteiger partial charge in [0.05, 0.1) is 20.3 Å². The lowest BCUT2D eigenvalue weighted by Gasteiger charge is -2.23. The van der Waals surface area contributed by atoms with Crippen LogP contribution in [0.3, 0.4) is 0 Å². The van der Waals surface area contributed by atoms with E-state index in [1.165, 1.54) is 22.5 Å². The van der Waals surface area contributed by atoms with Crippen molar-refractivity contribution in [1.82, 2.24) is 4.31 Å². The van der Waals surface area contributed by atoms with Crippen LogP contribution >= 0.6 is 35.0 Å². The Labute approximate surface area is 150 Å². The highest BCUT2D eigenvalue weighted by molar-refractivity contribution is 8.01. The first kappa shape index (κ1) is 17.1. The van der Waals surface area contributed by atoms with Crippen LogP contribution < -0.4 is 0 Å². The highest BCUT2D eigenvalue weighted by atomic mass is 35.5. The smallest absolute Gasteiger partial charge is 0.207 e. The molecule has 7 heteroatoms. The van der Waals surface area contributed by atoms with Crippen molar-refractivity contribution in [3.63, 3.8) is 0 Å². The summed E-state index contributed by atoms with van der Waals surface area (Å²) < 4.78 is 27.4. The van der Waals surface area contributed by atoms with Crippen molar-refractivity contribution < 1.29 is 8.42 Å². The van der Waals surface area contributed by atoms with Crippen LogP contribution in [0, 0.1) is 6.92 Å². The molecule has 0 amide bonds. The Morgan fingerprint density at radius 1 is 1.09 bits per heavy atom. The van der Waals surface area contributed by atoms with Crippen molar-refractivity contribution in [2.24, 2.45) is 0 Å². The molecule has 1 aliphatic rings. The third-order valence-electron chi connectivity index (χ3n) is 3.71. The summed E-state index contributed by atoms with van der Waals surface area (Å²) in [7, 11) is -3.62. The third kappa shape index (κ3) is 3.39. The van der Waals surface area contributed by atoms with E-state index in [0.29, 0.717) is 11.6 Å². The van der Waals surface area contributed by atoms with Crippen molar-refractivity contribution in [3.8, 4) is 0 Å². The molecule has 3 rings (SSSR count). The topological polar surface area (TPSA) is 37.4 Å². The Bertz CT molecular complexity index is 822. The molecular weight excluding hydrogens is 373 g/mol. The van der Waals surface area contributed by atoms with Gasteiger partial charge in [-0.05, 0) is 30.7 Å². The molecule has 23 heavy (non-hydrogen) atoms. The molecule has 1 fully saturated rings. The second-order valence-electron chi connectivity index (χ2n) is 5.33. The molecule has 3 nitrogen and oxygen atoms in total. The van der Waals surface area contributed by atoms with Gasteiger partial charge in [-0.1, -0.05) is 53.0 Å². The molecule has 2 aromatic carbocycles. The van der Waals surface area contributed by atoms with Gasteiger partial charge in [0, 0.05) is 12.3 Å². The minimum absolute atomic E-state index is 0.173. The van der Waals surface area contributed by atoms with Gasteiger partial charge in [-0.3, -0.25) is 0 Å². The predicted molar refractivity (Wildman–Crippen MR) is 96.7 cm³/mol. The zero-order valence-corrected chi connectivity index (χ0v) is 15.5. The van der Waals surface area contributed by atoms with Gasteiger partial charge in [0.15, 0.2) is 0 Å². The normalized spacial score (nSPS) is 19.2. The van der Waals surface area contributed by atoms with Crippen LogP contribution in [0.5, 0.6) is 0 Å². The standard InChI is InChI=1S/C16H15Cl2NO2S2/c1-11-2-4-12(5-3-11)16-19(8-9-22-16)23(20,21)13-6-7-14(17)15(18)10-13/h2-7,10,16H,8-9H2,1H3. The third-order valence-corrected chi connectivity index (χ3v) is 7.70. The molecule has 0 aliphatic carbocycles. The lowest BCUT2D eigenvalue weighted by Crippen LogP contribution is -2.30. The van der Waals surface area contributed by atoms with Gasteiger partial charge in [-0.25, -0.2) is 8.42 Å². The maximum atomic E-state index is 13.0. The average molecular weight is 388 g/mol. The van der Waals surface area contributed by atoms with Gasteiger partial charge in [0.25, 0.3) is 0 Å². The van der Waals surface area contributed by atoms with Crippen molar-refractivity contribution in [1.29, 1.82) is 0 Å². The van der Waals surface area contributed by atoms with Crippen molar-refractivity contribution in [2.75, 3.05) is 12.3 Å². The fourth-order valence-corrected chi connectivity index (χ4v) is 6.10. The van der Waals surface area contributed by atoms with Gasteiger partial charge in [0.2, 0.25) is 10.0 Å². The van der Waals surface area contributed by atoms with Gasteiger partial charge in [0.1, 0.15) is 0 Å².